The molecule has 152 valence electrons. The van der Waals surface area contributed by atoms with Crippen LogP contribution in [0.1, 0.15) is 25.0 Å². The normalized spacial score (nSPS) is 8.46. The summed E-state index contributed by atoms with van der Waals surface area (Å²) < 4.78 is 0. The van der Waals surface area contributed by atoms with Crippen molar-refractivity contribution in [2.45, 2.75) is 26.7 Å². The second-order valence-electron chi connectivity index (χ2n) is 5.69. The van der Waals surface area contributed by atoms with Gasteiger partial charge in [-0.1, -0.05) is 26.0 Å². The SMILES string of the molecule is CCc1cc2ccccc2[cH-]1.CCc1cc2ccccc2[cH-]1.Cl.Cl.[CH3-].[CH3-].[Si]=[Ti]. The standard InChI is InChI=1S/2C11H11.2CH3.2ClH.Si.Ti/c2*1-2-9-7-10-5-3-4-6-11(10)8-9;;;;;;/h2*3-8H,2H2,1H3;2*1H3;2*1H;;/q4*-1;;;;. The number of halogens is 2. The molecule has 2 radical (unpaired) electrons. The van der Waals surface area contributed by atoms with Crippen molar-refractivity contribution >= 4 is 54.0 Å². The average Bonchev–Trinajstić information content (AvgIpc) is 3.27. The molecule has 0 fully saturated rings. The molecule has 0 heterocycles. The van der Waals surface area contributed by atoms with Crippen molar-refractivity contribution in [2.24, 2.45) is 0 Å². The van der Waals surface area contributed by atoms with Crippen LogP contribution >= 0.6 is 24.8 Å². The quantitative estimate of drug-likeness (QED) is 0.211. The van der Waals surface area contributed by atoms with E-state index in [9.17, 15) is 0 Å². The zero-order valence-electron chi connectivity index (χ0n) is 17.2. The number of fused-ring (bicyclic) bond motifs is 2. The molecule has 0 atom stereocenters. The summed E-state index contributed by atoms with van der Waals surface area (Å²) in [4.78, 5) is 0. The van der Waals surface area contributed by atoms with Crippen molar-refractivity contribution in [3.63, 3.8) is 0 Å². The monoisotopic (exact) mass is 464 g/mol. The van der Waals surface area contributed by atoms with Gasteiger partial charge in [-0.05, 0) is 12.8 Å². The zero-order valence-corrected chi connectivity index (χ0v) is 21.4. The van der Waals surface area contributed by atoms with E-state index in [2.05, 4.69) is 94.3 Å². The molecular weight excluding hydrogens is 435 g/mol. The Hall–Kier alpha value is -0.829. The molecule has 0 aliphatic carbocycles. The van der Waals surface area contributed by atoms with Crippen LogP contribution in [0.5, 0.6) is 0 Å². The van der Waals surface area contributed by atoms with Crippen LogP contribution in [0.25, 0.3) is 21.5 Å². The van der Waals surface area contributed by atoms with Gasteiger partial charge in [-0.15, -0.1) is 106 Å². The molecule has 0 N–H and O–H groups in total. The Balaban J connectivity index is -0.000000363. The number of hydrogen-bond donors (Lipinski definition) is 0. The fourth-order valence-corrected chi connectivity index (χ4v) is 2.84. The topological polar surface area (TPSA) is 0 Å². The number of hydrogen-bond acceptors (Lipinski definition) is 0. The van der Waals surface area contributed by atoms with E-state index in [0.717, 1.165) is 12.8 Å². The van der Waals surface area contributed by atoms with Crippen LogP contribution in [0, 0.1) is 14.9 Å². The van der Waals surface area contributed by atoms with Gasteiger partial charge in [0.25, 0.3) is 0 Å². The summed E-state index contributed by atoms with van der Waals surface area (Å²) >= 11 is 1.81. The second kappa shape index (κ2) is 17.1. The summed E-state index contributed by atoms with van der Waals surface area (Å²) in [6.07, 6.45) is 2.27. The van der Waals surface area contributed by atoms with Crippen molar-refractivity contribution in [3.8, 4) is 0 Å². The molecule has 0 amide bonds. The van der Waals surface area contributed by atoms with Gasteiger partial charge in [-0.3, -0.25) is 0 Å². The molecule has 4 aromatic rings. The third-order valence-corrected chi connectivity index (χ3v) is 4.17. The summed E-state index contributed by atoms with van der Waals surface area (Å²) in [7, 11) is 2.97. The van der Waals surface area contributed by atoms with E-state index >= 15 is 0 Å². The predicted octanol–water partition coefficient (Wildman–Crippen LogP) is 7.60. The van der Waals surface area contributed by atoms with Gasteiger partial charge >= 0.3 is 26.8 Å². The van der Waals surface area contributed by atoms with Gasteiger partial charge in [-0.2, -0.15) is 12.1 Å². The minimum absolute atomic E-state index is 0. The van der Waals surface area contributed by atoms with Crippen molar-refractivity contribution in [2.75, 3.05) is 0 Å². The Morgan fingerprint density at radius 2 is 1.00 bits per heavy atom. The predicted molar refractivity (Wildman–Crippen MR) is 131 cm³/mol. The number of aryl methyl sites for hydroxylation is 2. The van der Waals surface area contributed by atoms with Gasteiger partial charge in [0, 0.05) is 0 Å². The van der Waals surface area contributed by atoms with Crippen molar-refractivity contribution in [1.82, 2.24) is 0 Å². The maximum absolute atomic E-state index is 2.97. The molecule has 4 aromatic carbocycles. The van der Waals surface area contributed by atoms with E-state index in [1.165, 1.54) is 32.7 Å². The van der Waals surface area contributed by atoms with E-state index in [4.69, 9.17) is 0 Å². The van der Waals surface area contributed by atoms with E-state index in [1.54, 1.807) is 19.2 Å². The van der Waals surface area contributed by atoms with Crippen LogP contribution in [0.4, 0.5) is 0 Å². The first-order chi connectivity index (χ1) is 11.8. The number of benzene rings is 2. The fourth-order valence-electron chi connectivity index (χ4n) is 2.84. The van der Waals surface area contributed by atoms with Gasteiger partial charge in [-0.25, -0.2) is 0 Å². The molecule has 0 unspecified atom stereocenters. The first kappa shape index (κ1) is 31.9. The Bertz CT molecular complexity index is 756. The zero-order chi connectivity index (χ0) is 17.4. The van der Waals surface area contributed by atoms with E-state index in [0.29, 0.717) is 0 Å². The molecule has 4 heteroatoms. The Labute approximate surface area is 197 Å². The van der Waals surface area contributed by atoms with Gasteiger partial charge in [0.1, 0.15) is 0 Å². The molecule has 4 rings (SSSR count). The average molecular weight is 465 g/mol. The third kappa shape index (κ3) is 8.68. The fraction of sp³-hybridized carbons (Fsp3) is 0.167. The maximum atomic E-state index is 2.97. The molecule has 28 heavy (non-hydrogen) atoms. The van der Waals surface area contributed by atoms with Gasteiger partial charge in [0.05, 0.1) is 0 Å². The van der Waals surface area contributed by atoms with Crippen molar-refractivity contribution in [1.29, 1.82) is 0 Å². The molecule has 0 bridgehead atoms. The molecule has 0 saturated carbocycles. The molecular formula is C24H30Cl2SiTi-4. The van der Waals surface area contributed by atoms with Crippen LogP contribution < -0.4 is 0 Å². The molecule has 0 aliphatic rings. The van der Waals surface area contributed by atoms with Gasteiger partial charge in [0.15, 0.2) is 0 Å². The molecule has 0 nitrogen and oxygen atoms in total. The first-order valence-electron chi connectivity index (χ1n) is 8.34. The second-order valence-corrected chi connectivity index (χ2v) is 5.69. The molecule has 0 saturated heterocycles. The summed E-state index contributed by atoms with van der Waals surface area (Å²) in [6, 6.07) is 26.0. The van der Waals surface area contributed by atoms with Crippen molar-refractivity contribution < 1.29 is 19.2 Å². The van der Waals surface area contributed by atoms with Gasteiger partial charge in [0.2, 0.25) is 0 Å². The van der Waals surface area contributed by atoms with E-state index in [1.807, 2.05) is 0 Å². The Kier molecular flexibility index (Phi) is 19.4. The minimum atomic E-state index is 0. The van der Waals surface area contributed by atoms with Crippen LogP contribution in [0.15, 0.2) is 72.8 Å². The van der Waals surface area contributed by atoms with E-state index in [-0.39, 0.29) is 39.7 Å². The summed E-state index contributed by atoms with van der Waals surface area (Å²) in [5.74, 6) is 0. The Morgan fingerprint density at radius 3 is 1.29 bits per heavy atom. The first-order valence-corrected chi connectivity index (χ1v) is 11.2. The molecule has 0 spiro atoms. The summed E-state index contributed by atoms with van der Waals surface area (Å²) in [5.41, 5.74) is 2.87. The van der Waals surface area contributed by atoms with Crippen LogP contribution in [-0.4, -0.2) is 7.63 Å². The third-order valence-electron chi connectivity index (χ3n) is 4.17. The van der Waals surface area contributed by atoms with Gasteiger partial charge < -0.3 is 14.9 Å². The van der Waals surface area contributed by atoms with Crippen LogP contribution in [0.2, 0.25) is 0 Å². The number of rotatable bonds is 2. The summed E-state index contributed by atoms with van der Waals surface area (Å²) in [6.45, 7) is 4.38. The molecule has 0 aromatic heterocycles. The van der Waals surface area contributed by atoms with E-state index < -0.39 is 0 Å². The van der Waals surface area contributed by atoms with Crippen molar-refractivity contribution in [3.05, 3.63) is 98.8 Å². The molecule has 0 aliphatic heterocycles. The summed E-state index contributed by atoms with van der Waals surface area (Å²) in [5, 5.41) is 5.46. The van der Waals surface area contributed by atoms with Crippen LogP contribution in [-0.2, 0) is 32.0 Å². The Morgan fingerprint density at radius 1 is 0.679 bits per heavy atom. The van der Waals surface area contributed by atoms with Crippen LogP contribution in [0.3, 0.4) is 0 Å².